The van der Waals surface area contributed by atoms with Crippen molar-refractivity contribution in [3.63, 3.8) is 0 Å². The first-order valence-electron chi connectivity index (χ1n) is 10.9. The quantitative estimate of drug-likeness (QED) is 0.623. The Morgan fingerprint density at radius 1 is 0.935 bits per heavy atom. The largest absolute Gasteiger partial charge is 0.489 e. The van der Waals surface area contributed by atoms with Crippen molar-refractivity contribution in [3.8, 4) is 5.75 Å². The van der Waals surface area contributed by atoms with E-state index >= 15 is 0 Å². The Bertz CT molecular complexity index is 981. The number of rotatable bonds is 7. The highest BCUT2D eigenvalue weighted by atomic mass is 16.5. The Hall–Kier alpha value is -3.31. The van der Waals surface area contributed by atoms with E-state index < -0.39 is 0 Å². The van der Waals surface area contributed by atoms with Crippen LogP contribution in [0.25, 0.3) is 0 Å². The highest BCUT2D eigenvalue weighted by Gasteiger charge is 2.23. The number of piperazine rings is 1. The Kier molecular flexibility index (Phi) is 6.85. The zero-order valence-electron chi connectivity index (χ0n) is 18.0. The third-order valence-corrected chi connectivity index (χ3v) is 5.72. The lowest BCUT2D eigenvalue weighted by molar-refractivity contribution is -0.892. The first-order chi connectivity index (χ1) is 15.2. The van der Waals surface area contributed by atoms with Crippen molar-refractivity contribution in [1.29, 1.82) is 0 Å². The molecule has 0 unspecified atom stereocenters. The molecule has 31 heavy (non-hydrogen) atoms. The van der Waals surface area contributed by atoms with Crippen molar-refractivity contribution in [2.75, 3.05) is 42.9 Å². The molecule has 5 heteroatoms. The standard InChI is InChI=1S/C26H29N3O2/c1-21-7-5-6-10-25(21)29-17-15-28(16-18-29)19-26(30)27-23-11-13-24(14-12-23)31-20-22-8-3-2-4-9-22/h2-14H,15-20H2,1H3,(H,27,30)/p+1. The second-order valence-corrected chi connectivity index (χ2v) is 8.05. The molecule has 4 rings (SSSR count). The van der Waals surface area contributed by atoms with Gasteiger partial charge < -0.3 is 19.9 Å². The van der Waals surface area contributed by atoms with Crippen molar-refractivity contribution in [3.05, 3.63) is 90.0 Å². The van der Waals surface area contributed by atoms with E-state index in [1.807, 2.05) is 54.6 Å². The number of ether oxygens (including phenoxy) is 1. The third-order valence-electron chi connectivity index (χ3n) is 5.72. The molecular formula is C26H30N3O2+. The minimum atomic E-state index is 0.0531. The van der Waals surface area contributed by atoms with E-state index in [0.717, 1.165) is 43.2 Å². The van der Waals surface area contributed by atoms with Crippen LogP contribution in [0.3, 0.4) is 0 Å². The molecule has 0 spiro atoms. The fourth-order valence-corrected chi connectivity index (χ4v) is 3.97. The van der Waals surface area contributed by atoms with E-state index in [4.69, 9.17) is 4.74 Å². The summed E-state index contributed by atoms with van der Waals surface area (Å²) in [7, 11) is 0. The van der Waals surface area contributed by atoms with Gasteiger partial charge in [-0.25, -0.2) is 0 Å². The molecule has 0 atom stereocenters. The second-order valence-electron chi connectivity index (χ2n) is 8.05. The molecule has 160 valence electrons. The van der Waals surface area contributed by atoms with Crippen LogP contribution in [0.4, 0.5) is 11.4 Å². The van der Waals surface area contributed by atoms with Crippen molar-refractivity contribution in [2.45, 2.75) is 13.5 Å². The maximum atomic E-state index is 12.5. The van der Waals surface area contributed by atoms with Gasteiger partial charge in [-0.1, -0.05) is 48.5 Å². The molecule has 0 aliphatic carbocycles. The number of quaternary nitrogens is 1. The lowest BCUT2D eigenvalue weighted by atomic mass is 10.1. The minimum absolute atomic E-state index is 0.0531. The molecule has 0 aromatic heterocycles. The Morgan fingerprint density at radius 3 is 2.32 bits per heavy atom. The predicted octanol–water partition coefficient (Wildman–Crippen LogP) is 2.92. The molecule has 5 nitrogen and oxygen atoms in total. The average Bonchev–Trinajstić information content (AvgIpc) is 2.80. The van der Waals surface area contributed by atoms with Crippen molar-refractivity contribution in [1.82, 2.24) is 0 Å². The molecule has 0 bridgehead atoms. The number of carbonyl (C=O) groups is 1. The predicted molar refractivity (Wildman–Crippen MR) is 125 cm³/mol. The fraction of sp³-hybridized carbons (Fsp3) is 0.269. The molecule has 0 radical (unpaired) electrons. The lowest BCUT2D eigenvalue weighted by Crippen LogP contribution is -3.15. The third kappa shape index (κ3) is 5.86. The van der Waals surface area contributed by atoms with Gasteiger partial charge in [-0.15, -0.1) is 0 Å². The highest BCUT2D eigenvalue weighted by Crippen LogP contribution is 2.19. The van der Waals surface area contributed by atoms with Crippen LogP contribution in [0, 0.1) is 6.92 Å². The number of benzene rings is 3. The number of anilines is 2. The molecule has 1 fully saturated rings. The number of hydrogen-bond acceptors (Lipinski definition) is 3. The van der Waals surface area contributed by atoms with Gasteiger partial charge in [0.2, 0.25) is 0 Å². The van der Waals surface area contributed by atoms with Gasteiger partial charge in [0.15, 0.2) is 6.54 Å². The summed E-state index contributed by atoms with van der Waals surface area (Å²) in [5.41, 5.74) is 4.54. The number of para-hydroxylation sites is 1. The molecule has 1 saturated heterocycles. The van der Waals surface area contributed by atoms with Crippen LogP contribution >= 0.6 is 0 Å². The lowest BCUT2D eigenvalue weighted by Gasteiger charge is -2.34. The summed E-state index contributed by atoms with van der Waals surface area (Å²) in [6, 6.07) is 26.2. The summed E-state index contributed by atoms with van der Waals surface area (Å²) in [6.07, 6.45) is 0. The van der Waals surface area contributed by atoms with Gasteiger partial charge in [-0.3, -0.25) is 4.79 Å². The number of amides is 1. The van der Waals surface area contributed by atoms with Gasteiger partial charge >= 0.3 is 0 Å². The Labute approximate surface area is 184 Å². The van der Waals surface area contributed by atoms with Gasteiger partial charge in [-0.05, 0) is 48.4 Å². The van der Waals surface area contributed by atoms with Gasteiger partial charge in [0, 0.05) is 11.4 Å². The molecular weight excluding hydrogens is 386 g/mol. The van der Waals surface area contributed by atoms with Crippen molar-refractivity contribution < 1.29 is 14.4 Å². The number of carbonyl (C=O) groups excluding carboxylic acids is 1. The summed E-state index contributed by atoms with van der Waals surface area (Å²) < 4.78 is 5.81. The summed E-state index contributed by atoms with van der Waals surface area (Å²) in [6.45, 7) is 7.06. The summed E-state index contributed by atoms with van der Waals surface area (Å²) >= 11 is 0. The zero-order valence-corrected chi connectivity index (χ0v) is 18.0. The normalized spacial score (nSPS) is 14.3. The van der Waals surface area contributed by atoms with Crippen LogP contribution in [0.1, 0.15) is 11.1 Å². The monoisotopic (exact) mass is 416 g/mol. The van der Waals surface area contributed by atoms with Crippen LogP contribution in [0.5, 0.6) is 5.75 Å². The van der Waals surface area contributed by atoms with Gasteiger partial charge in [0.05, 0.1) is 26.2 Å². The van der Waals surface area contributed by atoms with E-state index in [1.54, 1.807) is 0 Å². The van der Waals surface area contributed by atoms with Crippen LogP contribution in [0.2, 0.25) is 0 Å². The summed E-state index contributed by atoms with van der Waals surface area (Å²) in [5.74, 6) is 0.845. The maximum absolute atomic E-state index is 12.5. The molecule has 2 N–H and O–H groups in total. The van der Waals surface area contributed by atoms with E-state index in [-0.39, 0.29) is 5.91 Å². The van der Waals surface area contributed by atoms with Crippen LogP contribution in [-0.4, -0.2) is 38.6 Å². The minimum Gasteiger partial charge on any atom is -0.489 e. The zero-order chi connectivity index (χ0) is 21.5. The van der Waals surface area contributed by atoms with E-state index in [1.165, 1.54) is 16.2 Å². The smallest absolute Gasteiger partial charge is 0.279 e. The molecule has 1 aliphatic rings. The maximum Gasteiger partial charge on any atom is 0.279 e. The van der Waals surface area contributed by atoms with Crippen molar-refractivity contribution >= 4 is 17.3 Å². The Balaban J connectivity index is 1.21. The topological polar surface area (TPSA) is 46.0 Å². The second kappa shape index (κ2) is 10.1. The molecule has 1 amide bonds. The molecule has 0 saturated carbocycles. The fourth-order valence-electron chi connectivity index (χ4n) is 3.97. The molecule has 3 aromatic rings. The van der Waals surface area contributed by atoms with Gasteiger partial charge in [-0.2, -0.15) is 0 Å². The van der Waals surface area contributed by atoms with Crippen LogP contribution in [-0.2, 0) is 11.4 Å². The SMILES string of the molecule is Cc1ccccc1N1CC[NH+](CC(=O)Nc2ccc(OCc3ccccc3)cc2)CC1. The van der Waals surface area contributed by atoms with E-state index in [0.29, 0.717) is 13.2 Å². The number of nitrogens with one attached hydrogen (secondary N) is 2. The first kappa shape index (κ1) is 20.9. The molecule has 1 heterocycles. The van der Waals surface area contributed by atoms with Gasteiger partial charge in [0.25, 0.3) is 5.91 Å². The first-order valence-corrected chi connectivity index (χ1v) is 10.9. The highest BCUT2D eigenvalue weighted by molar-refractivity contribution is 5.91. The van der Waals surface area contributed by atoms with Crippen molar-refractivity contribution in [2.24, 2.45) is 0 Å². The number of nitrogens with zero attached hydrogens (tertiary/aromatic N) is 1. The summed E-state index contributed by atoms with van der Waals surface area (Å²) in [5, 5.41) is 3.01. The van der Waals surface area contributed by atoms with Gasteiger partial charge in [0.1, 0.15) is 12.4 Å². The Morgan fingerprint density at radius 2 is 1.61 bits per heavy atom. The van der Waals surface area contributed by atoms with Crippen LogP contribution < -0.4 is 19.9 Å². The van der Waals surface area contributed by atoms with E-state index in [2.05, 4.69) is 41.4 Å². The molecule has 3 aromatic carbocycles. The average molecular weight is 417 g/mol. The number of aryl methyl sites for hydroxylation is 1. The van der Waals surface area contributed by atoms with Crippen LogP contribution in [0.15, 0.2) is 78.9 Å². The van der Waals surface area contributed by atoms with E-state index in [9.17, 15) is 4.79 Å². The molecule has 1 aliphatic heterocycles. The number of hydrogen-bond donors (Lipinski definition) is 2. The summed E-state index contributed by atoms with van der Waals surface area (Å²) in [4.78, 5) is 16.3.